The molecule has 0 aromatic heterocycles. The van der Waals surface area contributed by atoms with Gasteiger partial charge in [-0.3, -0.25) is 24.6 Å². The van der Waals surface area contributed by atoms with E-state index in [-0.39, 0.29) is 35.7 Å². The molecule has 1 saturated heterocycles. The second-order valence-electron chi connectivity index (χ2n) is 6.90. The fourth-order valence-electron chi connectivity index (χ4n) is 3.12. The summed E-state index contributed by atoms with van der Waals surface area (Å²) in [6.45, 7) is 1.58. The summed E-state index contributed by atoms with van der Waals surface area (Å²) in [6.07, 6.45) is 3.44. The second kappa shape index (κ2) is 7.69. The Labute approximate surface area is 151 Å². The third-order valence-electron chi connectivity index (χ3n) is 4.70. The van der Waals surface area contributed by atoms with Gasteiger partial charge in [0.25, 0.3) is 11.6 Å². The number of nitro benzene ring substituents is 1. The maximum Gasteiger partial charge on any atom is 0.293 e. The molecule has 1 aliphatic heterocycles. The first-order chi connectivity index (χ1) is 12.4. The van der Waals surface area contributed by atoms with Gasteiger partial charge in [-0.2, -0.15) is 0 Å². The summed E-state index contributed by atoms with van der Waals surface area (Å²) >= 11 is 0. The number of carbonyl (C=O) groups is 2. The van der Waals surface area contributed by atoms with Crippen LogP contribution in [0.2, 0.25) is 0 Å². The molecule has 1 saturated carbocycles. The number of piperidine rings is 1. The maximum atomic E-state index is 12.5. The van der Waals surface area contributed by atoms with Gasteiger partial charge in [-0.1, -0.05) is 0 Å². The van der Waals surface area contributed by atoms with E-state index in [4.69, 9.17) is 5.73 Å². The van der Waals surface area contributed by atoms with E-state index in [0.717, 1.165) is 12.8 Å². The highest BCUT2D eigenvalue weighted by molar-refractivity contribution is 5.96. The number of rotatable bonds is 7. The molecule has 1 aromatic carbocycles. The lowest BCUT2D eigenvalue weighted by Gasteiger charge is -2.31. The van der Waals surface area contributed by atoms with Crippen molar-refractivity contribution in [3.63, 3.8) is 0 Å². The smallest absolute Gasteiger partial charge is 0.293 e. The summed E-state index contributed by atoms with van der Waals surface area (Å²) in [5.41, 5.74) is 5.83. The van der Waals surface area contributed by atoms with E-state index in [9.17, 15) is 19.7 Å². The van der Waals surface area contributed by atoms with Crippen LogP contribution in [-0.2, 0) is 4.79 Å². The number of primary amides is 1. The SMILES string of the molecule is NC(=O)CN1CCC(NC(=O)c2ccc(NC3CC3)c([N+](=O)[O-])c2)CC1. The highest BCUT2D eigenvalue weighted by atomic mass is 16.6. The molecule has 140 valence electrons. The van der Waals surface area contributed by atoms with Crippen molar-refractivity contribution in [1.82, 2.24) is 10.2 Å². The Morgan fingerprint density at radius 2 is 1.88 bits per heavy atom. The lowest BCUT2D eigenvalue weighted by molar-refractivity contribution is -0.384. The first kappa shape index (κ1) is 18.1. The van der Waals surface area contributed by atoms with Gasteiger partial charge in [0.15, 0.2) is 0 Å². The maximum absolute atomic E-state index is 12.5. The number of nitro groups is 1. The molecule has 1 aliphatic carbocycles. The van der Waals surface area contributed by atoms with Gasteiger partial charge in [0.2, 0.25) is 5.91 Å². The monoisotopic (exact) mass is 361 g/mol. The van der Waals surface area contributed by atoms with E-state index in [2.05, 4.69) is 10.6 Å². The molecule has 1 aromatic rings. The molecule has 4 N–H and O–H groups in total. The molecular weight excluding hydrogens is 338 g/mol. The Kier molecular flexibility index (Phi) is 5.36. The predicted octanol–water partition coefficient (Wildman–Crippen LogP) is 0.849. The summed E-state index contributed by atoms with van der Waals surface area (Å²) < 4.78 is 0. The number of nitrogens with zero attached hydrogens (tertiary/aromatic N) is 2. The molecule has 0 unspecified atom stereocenters. The van der Waals surface area contributed by atoms with E-state index in [1.54, 1.807) is 12.1 Å². The van der Waals surface area contributed by atoms with Crippen LogP contribution >= 0.6 is 0 Å². The van der Waals surface area contributed by atoms with Crippen molar-refractivity contribution in [3.8, 4) is 0 Å². The average Bonchev–Trinajstić information content (AvgIpc) is 3.40. The van der Waals surface area contributed by atoms with E-state index < -0.39 is 4.92 Å². The minimum absolute atomic E-state index is 0.0186. The quantitative estimate of drug-likeness (QED) is 0.487. The van der Waals surface area contributed by atoms with Crippen molar-refractivity contribution in [3.05, 3.63) is 33.9 Å². The van der Waals surface area contributed by atoms with Gasteiger partial charge in [0, 0.05) is 36.8 Å². The van der Waals surface area contributed by atoms with Crippen molar-refractivity contribution < 1.29 is 14.5 Å². The summed E-state index contributed by atoms with van der Waals surface area (Å²) in [6, 6.07) is 4.80. The van der Waals surface area contributed by atoms with Crippen LogP contribution in [0.5, 0.6) is 0 Å². The Balaban J connectivity index is 1.60. The fourth-order valence-corrected chi connectivity index (χ4v) is 3.12. The zero-order valence-corrected chi connectivity index (χ0v) is 14.4. The number of anilines is 1. The Hall–Kier alpha value is -2.68. The number of nitrogens with one attached hydrogen (secondary N) is 2. The van der Waals surface area contributed by atoms with Crippen LogP contribution in [0.25, 0.3) is 0 Å². The van der Waals surface area contributed by atoms with Gasteiger partial charge >= 0.3 is 0 Å². The van der Waals surface area contributed by atoms with Crippen LogP contribution in [0, 0.1) is 10.1 Å². The van der Waals surface area contributed by atoms with Crippen LogP contribution in [-0.4, -0.2) is 53.4 Å². The van der Waals surface area contributed by atoms with Crippen LogP contribution in [0.3, 0.4) is 0 Å². The first-order valence-corrected chi connectivity index (χ1v) is 8.79. The number of hydrogen-bond donors (Lipinski definition) is 3. The molecule has 26 heavy (non-hydrogen) atoms. The van der Waals surface area contributed by atoms with Crippen molar-refractivity contribution in [1.29, 1.82) is 0 Å². The van der Waals surface area contributed by atoms with E-state index in [1.807, 2.05) is 4.90 Å². The van der Waals surface area contributed by atoms with Crippen LogP contribution in [0.1, 0.15) is 36.0 Å². The van der Waals surface area contributed by atoms with E-state index in [0.29, 0.717) is 37.7 Å². The van der Waals surface area contributed by atoms with Gasteiger partial charge in [0.05, 0.1) is 11.5 Å². The molecule has 9 heteroatoms. The number of hydrogen-bond acceptors (Lipinski definition) is 6. The minimum atomic E-state index is -0.468. The van der Waals surface area contributed by atoms with Crippen molar-refractivity contribution in [2.24, 2.45) is 5.73 Å². The van der Waals surface area contributed by atoms with E-state index in [1.165, 1.54) is 6.07 Å². The highest BCUT2D eigenvalue weighted by Crippen LogP contribution is 2.31. The molecule has 0 atom stereocenters. The fraction of sp³-hybridized carbons (Fsp3) is 0.529. The summed E-state index contributed by atoms with van der Waals surface area (Å²) in [5, 5.41) is 17.3. The molecule has 1 heterocycles. The van der Waals surface area contributed by atoms with Gasteiger partial charge in [-0.15, -0.1) is 0 Å². The van der Waals surface area contributed by atoms with Crippen molar-refractivity contribution >= 4 is 23.2 Å². The number of likely N-dealkylation sites (tertiary alicyclic amines) is 1. The summed E-state index contributed by atoms with van der Waals surface area (Å²) in [4.78, 5) is 36.2. The third kappa shape index (κ3) is 4.69. The first-order valence-electron chi connectivity index (χ1n) is 8.79. The zero-order valence-electron chi connectivity index (χ0n) is 14.4. The summed E-state index contributed by atoms with van der Waals surface area (Å²) in [5.74, 6) is -0.681. The Bertz CT molecular complexity index is 711. The lowest BCUT2D eigenvalue weighted by Crippen LogP contribution is -2.46. The molecule has 0 bridgehead atoms. The normalized spacial score (nSPS) is 18.3. The number of benzene rings is 1. The predicted molar refractivity (Wildman–Crippen MR) is 95.9 cm³/mol. The van der Waals surface area contributed by atoms with Crippen LogP contribution in [0.4, 0.5) is 11.4 Å². The topological polar surface area (TPSA) is 131 Å². The van der Waals surface area contributed by atoms with Gasteiger partial charge in [-0.05, 0) is 37.8 Å². The lowest BCUT2D eigenvalue weighted by atomic mass is 10.0. The molecular formula is C17H23N5O4. The molecule has 0 spiro atoms. The van der Waals surface area contributed by atoms with Crippen molar-refractivity contribution in [2.45, 2.75) is 37.8 Å². The molecule has 9 nitrogen and oxygen atoms in total. The average molecular weight is 361 g/mol. The molecule has 3 rings (SSSR count). The molecule has 2 aliphatic rings. The third-order valence-corrected chi connectivity index (χ3v) is 4.70. The van der Waals surface area contributed by atoms with E-state index >= 15 is 0 Å². The second-order valence-corrected chi connectivity index (χ2v) is 6.90. The van der Waals surface area contributed by atoms with Crippen molar-refractivity contribution in [2.75, 3.05) is 25.0 Å². The number of nitrogens with two attached hydrogens (primary N) is 1. The Morgan fingerprint density at radius 1 is 1.19 bits per heavy atom. The van der Waals surface area contributed by atoms with Gasteiger partial charge in [0.1, 0.15) is 5.69 Å². The number of carbonyl (C=O) groups excluding carboxylic acids is 2. The molecule has 2 amide bonds. The van der Waals surface area contributed by atoms with Gasteiger partial charge in [-0.25, -0.2) is 0 Å². The largest absolute Gasteiger partial charge is 0.377 e. The van der Waals surface area contributed by atoms with Crippen LogP contribution in [0.15, 0.2) is 18.2 Å². The van der Waals surface area contributed by atoms with Crippen LogP contribution < -0.4 is 16.4 Å². The summed E-state index contributed by atoms with van der Waals surface area (Å²) in [7, 11) is 0. The molecule has 2 fully saturated rings. The minimum Gasteiger partial charge on any atom is -0.377 e. The standard InChI is InChI=1S/C17H23N5O4/c18-16(23)10-21-7-5-13(6-8-21)20-17(24)11-1-4-14(19-12-2-3-12)15(9-11)22(25)26/h1,4,9,12-13,19H,2-3,5-8,10H2,(H2,18,23)(H,20,24). The van der Waals surface area contributed by atoms with Gasteiger partial charge < -0.3 is 16.4 Å². The Morgan fingerprint density at radius 3 is 2.46 bits per heavy atom. The highest BCUT2D eigenvalue weighted by Gasteiger charge is 2.26. The number of amides is 2. The molecule has 0 radical (unpaired) electrons. The zero-order chi connectivity index (χ0) is 18.7.